The van der Waals surface area contributed by atoms with Gasteiger partial charge in [0.15, 0.2) is 0 Å². The quantitative estimate of drug-likeness (QED) is 0.878. The van der Waals surface area contributed by atoms with E-state index in [9.17, 15) is 0 Å². The van der Waals surface area contributed by atoms with E-state index in [1.54, 1.807) is 7.11 Å². The Morgan fingerprint density at radius 3 is 2.83 bits per heavy atom. The van der Waals surface area contributed by atoms with Crippen LogP contribution in [0.25, 0.3) is 5.69 Å². The van der Waals surface area contributed by atoms with Gasteiger partial charge >= 0.3 is 0 Å². The van der Waals surface area contributed by atoms with E-state index in [1.807, 2.05) is 35.1 Å². The third kappa shape index (κ3) is 2.38. The Labute approximate surface area is 108 Å². The Bertz CT molecular complexity index is 520. The second-order valence-corrected chi connectivity index (χ2v) is 4.12. The summed E-state index contributed by atoms with van der Waals surface area (Å²) in [7, 11) is 1.68. The zero-order valence-corrected chi connectivity index (χ0v) is 11.1. The van der Waals surface area contributed by atoms with Crippen molar-refractivity contribution in [3.8, 4) is 11.4 Å². The first-order chi connectivity index (χ1) is 8.77. The van der Waals surface area contributed by atoms with Gasteiger partial charge in [0, 0.05) is 17.8 Å². The van der Waals surface area contributed by atoms with E-state index in [4.69, 9.17) is 4.74 Å². The maximum Gasteiger partial charge on any atom is 0.144 e. The minimum absolute atomic E-state index is 0.832. The van der Waals surface area contributed by atoms with Crippen molar-refractivity contribution in [2.24, 2.45) is 0 Å². The number of para-hydroxylation sites is 2. The molecule has 0 aliphatic carbocycles. The molecule has 0 spiro atoms. The van der Waals surface area contributed by atoms with Gasteiger partial charge < -0.3 is 10.1 Å². The Morgan fingerprint density at radius 2 is 2.11 bits per heavy atom. The first kappa shape index (κ1) is 12.6. The predicted octanol–water partition coefficient (Wildman–Crippen LogP) is 2.30. The van der Waals surface area contributed by atoms with Crippen molar-refractivity contribution >= 4 is 0 Å². The smallest absolute Gasteiger partial charge is 0.144 e. The van der Waals surface area contributed by atoms with Crippen molar-refractivity contribution in [3.63, 3.8) is 0 Å². The molecule has 4 nitrogen and oxygen atoms in total. The molecule has 0 bridgehead atoms. The molecule has 4 heteroatoms. The number of ether oxygens (including phenoxy) is 1. The first-order valence-electron chi connectivity index (χ1n) is 6.15. The average molecular weight is 245 g/mol. The summed E-state index contributed by atoms with van der Waals surface area (Å²) in [5.41, 5.74) is 3.32. The van der Waals surface area contributed by atoms with Crippen molar-refractivity contribution in [2.75, 3.05) is 13.7 Å². The second kappa shape index (κ2) is 5.69. The van der Waals surface area contributed by atoms with Crippen LogP contribution in [0, 0.1) is 6.92 Å². The molecule has 2 rings (SSSR count). The van der Waals surface area contributed by atoms with E-state index >= 15 is 0 Å². The van der Waals surface area contributed by atoms with Crippen LogP contribution in [0.4, 0.5) is 0 Å². The number of methoxy groups -OCH3 is 1. The summed E-state index contributed by atoms with van der Waals surface area (Å²) in [6.07, 6.45) is 1.91. The van der Waals surface area contributed by atoms with Gasteiger partial charge in [0.2, 0.25) is 0 Å². The minimum Gasteiger partial charge on any atom is -0.494 e. The third-order valence-electron chi connectivity index (χ3n) is 2.99. The molecule has 0 radical (unpaired) electrons. The third-order valence-corrected chi connectivity index (χ3v) is 2.99. The second-order valence-electron chi connectivity index (χ2n) is 4.12. The van der Waals surface area contributed by atoms with Crippen molar-refractivity contribution < 1.29 is 4.74 Å². The normalized spacial score (nSPS) is 10.6. The fourth-order valence-corrected chi connectivity index (χ4v) is 1.92. The van der Waals surface area contributed by atoms with Crippen LogP contribution >= 0.6 is 0 Å². The molecule has 1 heterocycles. The van der Waals surface area contributed by atoms with Crippen LogP contribution in [-0.2, 0) is 6.54 Å². The van der Waals surface area contributed by atoms with Gasteiger partial charge in [-0.05, 0) is 25.6 Å². The molecule has 0 saturated heterocycles. The highest BCUT2D eigenvalue weighted by Crippen LogP contribution is 2.23. The van der Waals surface area contributed by atoms with E-state index in [-0.39, 0.29) is 0 Å². The number of nitrogens with one attached hydrogen (secondary N) is 1. The monoisotopic (exact) mass is 245 g/mol. The van der Waals surface area contributed by atoms with Crippen LogP contribution in [0.1, 0.15) is 18.2 Å². The maximum atomic E-state index is 5.37. The fourth-order valence-electron chi connectivity index (χ4n) is 1.92. The minimum atomic E-state index is 0.832. The Hall–Kier alpha value is -1.81. The molecule has 1 aromatic heterocycles. The number of hydrogen-bond donors (Lipinski definition) is 1. The lowest BCUT2D eigenvalue weighted by molar-refractivity contribution is 0.411. The number of rotatable bonds is 5. The summed E-state index contributed by atoms with van der Waals surface area (Å²) in [6.45, 7) is 5.98. The molecular formula is C14H19N3O. The van der Waals surface area contributed by atoms with Crippen LogP contribution in [0.5, 0.6) is 5.75 Å². The molecule has 2 aromatic rings. The van der Waals surface area contributed by atoms with E-state index in [1.165, 1.54) is 5.56 Å². The summed E-state index contributed by atoms with van der Waals surface area (Å²) in [6, 6.07) is 7.90. The molecule has 18 heavy (non-hydrogen) atoms. The molecule has 1 N–H and O–H groups in total. The predicted molar refractivity (Wildman–Crippen MR) is 72.2 cm³/mol. The van der Waals surface area contributed by atoms with Gasteiger partial charge in [-0.3, -0.25) is 0 Å². The van der Waals surface area contributed by atoms with Crippen LogP contribution in [0.2, 0.25) is 0 Å². The number of benzene rings is 1. The van der Waals surface area contributed by atoms with Crippen LogP contribution in [0.15, 0.2) is 30.5 Å². The Kier molecular flexibility index (Phi) is 3.99. The molecule has 0 aliphatic rings. The summed E-state index contributed by atoms with van der Waals surface area (Å²) in [5, 5.41) is 7.76. The number of nitrogens with zero attached hydrogens (tertiary/aromatic N) is 2. The molecule has 96 valence electrons. The topological polar surface area (TPSA) is 39.1 Å². The molecule has 0 saturated carbocycles. The van der Waals surface area contributed by atoms with E-state index < -0.39 is 0 Å². The van der Waals surface area contributed by atoms with Crippen molar-refractivity contribution in [2.45, 2.75) is 20.4 Å². The van der Waals surface area contributed by atoms with Gasteiger partial charge in [0.25, 0.3) is 0 Å². The largest absolute Gasteiger partial charge is 0.494 e. The molecule has 0 aliphatic heterocycles. The molecule has 0 fully saturated rings. The van der Waals surface area contributed by atoms with Crippen LogP contribution in [0.3, 0.4) is 0 Å². The Balaban J connectivity index is 2.36. The van der Waals surface area contributed by atoms with Gasteiger partial charge in [0.05, 0.1) is 13.3 Å². The fraction of sp³-hybridized carbons (Fsp3) is 0.357. The van der Waals surface area contributed by atoms with Crippen molar-refractivity contribution in [1.29, 1.82) is 0 Å². The first-order valence-corrected chi connectivity index (χ1v) is 6.15. The standard InChI is InChI=1S/C14H19N3O/c1-4-15-9-12-10-16-17(11(12)2)13-7-5-6-8-14(13)18-3/h5-8,10,15H,4,9H2,1-3H3. The average Bonchev–Trinajstić information content (AvgIpc) is 2.77. The SMILES string of the molecule is CCNCc1cnn(-c2ccccc2OC)c1C. The van der Waals surface area contributed by atoms with Gasteiger partial charge in [-0.25, -0.2) is 4.68 Å². The molecule has 0 amide bonds. The molecule has 0 unspecified atom stereocenters. The highest BCUT2D eigenvalue weighted by Gasteiger charge is 2.10. The zero-order chi connectivity index (χ0) is 13.0. The van der Waals surface area contributed by atoms with Gasteiger partial charge in [-0.1, -0.05) is 19.1 Å². The Morgan fingerprint density at radius 1 is 1.33 bits per heavy atom. The molecular weight excluding hydrogens is 226 g/mol. The number of aromatic nitrogens is 2. The summed E-state index contributed by atoms with van der Waals surface area (Å²) in [5.74, 6) is 0.832. The van der Waals surface area contributed by atoms with Crippen LogP contribution < -0.4 is 10.1 Å². The highest BCUT2D eigenvalue weighted by molar-refractivity contribution is 5.47. The summed E-state index contributed by atoms with van der Waals surface area (Å²) in [4.78, 5) is 0. The van der Waals surface area contributed by atoms with E-state index in [2.05, 4.69) is 24.3 Å². The molecule has 0 atom stereocenters. The zero-order valence-electron chi connectivity index (χ0n) is 11.1. The summed E-state index contributed by atoms with van der Waals surface area (Å²) < 4.78 is 7.29. The maximum absolute atomic E-state index is 5.37. The van der Waals surface area contributed by atoms with Gasteiger partial charge in [-0.15, -0.1) is 0 Å². The molecule has 1 aromatic carbocycles. The lowest BCUT2D eigenvalue weighted by Gasteiger charge is -2.10. The van der Waals surface area contributed by atoms with Crippen molar-refractivity contribution in [1.82, 2.24) is 15.1 Å². The highest BCUT2D eigenvalue weighted by atomic mass is 16.5. The van der Waals surface area contributed by atoms with E-state index in [0.717, 1.165) is 30.2 Å². The lowest BCUT2D eigenvalue weighted by atomic mass is 10.2. The van der Waals surface area contributed by atoms with E-state index in [0.29, 0.717) is 0 Å². The van der Waals surface area contributed by atoms with Gasteiger partial charge in [0.1, 0.15) is 11.4 Å². The lowest BCUT2D eigenvalue weighted by Crippen LogP contribution is -2.12. The number of hydrogen-bond acceptors (Lipinski definition) is 3. The summed E-state index contributed by atoms with van der Waals surface area (Å²) >= 11 is 0. The van der Waals surface area contributed by atoms with Crippen molar-refractivity contribution in [3.05, 3.63) is 41.7 Å². The van der Waals surface area contributed by atoms with Crippen LogP contribution in [-0.4, -0.2) is 23.4 Å². The van der Waals surface area contributed by atoms with Gasteiger partial charge in [-0.2, -0.15) is 5.10 Å².